The summed E-state index contributed by atoms with van der Waals surface area (Å²) in [5.74, 6) is 2.98. The molecule has 0 saturated heterocycles. The Hall–Kier alpha value is -2.10. The monoisotopic (exact) mass is 270 g/mol. The molecule has 0 atom stereocenters. The summed E-state index contributed by atoms with van der Waals surface area (Å²) in [7, 11) is 3.94. The Morgan fingerprint density at radius 2 is 1.85 bits per heavy atom. The summed E-state index contributed by atoms with van der Waals surface area (Å²) in [5.41, 5.74) is 1.27. The lowest BCUT2D eigenvalue weighted by molar-refractivity contribution is 0.764. The maximum Gasteiger partial charge on any atom is 0.135 e. The van der Waals surface area contributed by atoms with E-state index in [9.17, 15) is 0 Å². The molecule has 0 spiro atoms. The Kier molecular flexibility index (Phi) is 4.56. The van der Waals surface area contributed by atoms with Crippen molar-refractivity contribution < 1.29 is 0 Å². The van der Waals surface area contributed by atoms with E-state index in [0.717, 1.165) is 24.0 Å². The highest BCUT2D eigenvalue weighted by Gasteiger charge is 2.10. The van der Waals surface area contributed by atoms with Gasteiger partial charge in [-0.15, -0.1) is 0 Å². The highest BCUT2D eigenvalue weighted by atomic mass is 15.2. The third-order valence-electron chi connectivity index (χ3n) is 3.16. The molecule has 1 heterocycles. The van der Waals surface area contributed by atoms with Crippen molar-refractivity contribution >= 4 is 11.6 Å². The van der Waals surface area contributed by atoms with Gasteiger partial charge < -0.3 is 10.2 Å². The van der Waals surface area contributed by atoms with Crippen LogP contribution in [0.15, 0.2) is 36.4 Å². The average Bonchev–Trinajstić information content (AvgIpc) is 2.47. The van der Waals surface area contributed by atoms with Crippen molar-refractivity contribution in [3.05, 3.63) is 47.8 Å². The van der Waals surface area contributed by atoms with Crippen molar-refractivity contribution in [2.75, 3.05) is 24.3 Å². The van der Waals surface area contributed by atoms with Crippen molar-refractivity contribution in [2.45, 2.75) is 26.3 Å². The van der Waals surface area contributed by atoms with Crippen LogP contribution in [-0.4, -0.2) is 24.1 Å². The summed E-state index contributed by atoms with van der Waals surface area (Å²) < 4.78 is 0. The second-order valence-electron chi connectivity index (χ2n) is 5.22. The predicted octanol–water partition coefficient (Wildman–Crippen LogP) is 3.28. The molecule has 0 bridgehead atoms. The van der Waals surface area contributed by atoms with E-state index in [-0.39, 0.29) is 0 Å². The third kappa shape index (κ3) is 3.47. The highest BCUT2D eigenvalue weighted by Crippen LogP contribution is 2.20. The van der Waals surface area contributed by atoms with E-state index in [1.165, 1.54) is 5.56 Å². The molecule has 4 heteroatoms. The van der Waals surface area contributed by atoms with Crippen molar-refractivity contribution in [1.82, 2.24) is 9.97 Å². The van der Waals surface area contributed by atoms with E-state index < -0.39 is 0 Å². The first-order valence-electron chi connectivity index (χ1n) is 6.92. The fraction of sp³-hybridized carbons (Fsp3) is 0.375. The summed E-state index contributed by atoms with van der Waals surface area (Å²) in [6, 6.07) is 12.4. The molecule has 1 aromatic carbocycles. The first kappa shape index (κ1) is 14.3. The van der Waals surface area contributed by atoms with Gasteiger partial charge in [-0.2, -0.15) is 0 Å². The fourth-order valence-electron chi connectivity index (χ4n) is 1.97. The van der Waals surface area contributed by atoms with Crippen molar-refractivity contribution in [1.29, 1.82) is 0 Å². The molecule has 0 unspecified atom stereocenters. The number of hydrogen-bond donors (Lipinski definition) is 1. The standard InChI is InChI=1S/C16H22N4/c1-12(2)16-18-14(17-3)10-15(19-16)20(4)11-13-8-6-5-7-9-13/h5-10,12H,11H2,1-4H3,(H,17,18,19). The van der Waals surface area contributed by atoms with E-state index >= 15 is 0 Å². The summed E-state index contributed by atoms with van der Waals surface area (Å²) in [6.45, 7) is 5.05. The molecule has 0 aliphatic carbocycles. The molecule has 1 N–H and O–H groups in total. The first-order valence-corrected chi connectivity index (χ1v) is 6.92. The SMILES string of the molecule is CNc1cc(N(C)Cc2ccccc2)nc(C(C)C)n1. The molecular weight excluding hydrogens is 248 g/mol. The zero-order valence-electron chi connectivity index (χ0n) is 12.6. The second-order valence-corrected chi connectivity index (χ2v) is 5.22. The molecule has 0 aliphatic rings. The minimum Gasteiger partial charge on any atom is -0.373 e. The molecule has 0 saturated carbocycles. The average molecular weight is 270 g/mol. The van der Waals surface area contributed by atoms with E-state index in [1.807, 2.05) is 19.2 Å². The number of aromatic nitrogens is 2. The molecular formula is C16H22N4. The zero-order chi connectivity index (χ0) is 14.5. The summed E-state index contributed by atoms with van der Waals surface area (Å²) in [6.07, 6.45) is 0. The predicted molar refractivity (Wildman–Crippen MR) is 84.2 cm³/mol. The fourth-order valence-corrected chi connectivity index (χ4v) is 1.97. The third-order valence-corrected chi connectivity index (χ3v) is 3.16. The molecule has 1 aromatic heterocycles. The van der Waals surface area contributed by atoms with Gasteiger partial charge in [0.05, 0.1) is 0 Å². The number of anilines is 2. The van der Waals surface area contributed by atoms with Crippen LogP contribution in [0, 0.1) is 0 Å². The molecule has 4 nitrogen and oxygen atoms in total. The Bertz CT molecular complexity index is 552. The maximum atomic E-state index is 4.65. The summed E-state index contributed by atoms with van der Waals surface area (Å²) in [4.78, 5) is 11.3. The molecule has 2 aromatic rings. The van der Waals surface area contributed by atoms with Crippen LogP contribution < -0.4 is 10.2 Å². The van der Waals surface area contributed by atoms with Crippen LogP contribution in [0.4, 0.5) is 11.6 Å². The van der Waals surface area contributed by atoms with Gasteiger partial charge in [-0.25, -0.2) is 9.97 Å². The van der Waals surface area contributed by atoms with Gasteiger partial charge in [-0.05, 0) is 5.56 Å². The topological polar surface area (TPSA) is 41.0 Å². The van der Waals surface area contributed by atoms with E-state index in [0.29, 0.717) is 5.92 Å². The Morgan fingerprint density at radius 1 is 1.15 bits per heavy atom. The molecule has 0 amide bonds. The number of benzene rings is 1. The molecule has 0 radical (unpaired) electrons. The van der Waals surface area contributed by atoms with Crippen molar-refractivity contribution in [3.63, 3.8) is 0 Å². The Labute approximate surface area is 120 Å². The lowest BCUT2D eigenvalue weighted by Crippen LogP contribution is -2.19. The van der Waals surface area contributed by atoms with Crippen molar-refractivity contribution in [2.24, 2.45) is 0 Å². The molecule has 106 valence electrons. The summed E-state index contributed by atoms with van der Waals surface area (Å²) >= 11 is 0. The largest absolute Gasteiger partial charge is 0.373 e. The first-order chi connectivity index (χ1) is 9.60. The van der Waals surface area contributed by atoms with Gasteiger partial charge in [0.25, 0.3) is 0 Å². The van der Waals surface area contributed by atoms with Crippen LogP contribution in [0.5, 0.6) is 0 Å². The summed E-state index contributed by atoms with van der Waals surface area (Å²) in [5, 5.41) is 3.10. The molecule has 20 heavy (non-hydrogen) atoms. The van der Waals surface area contributed by atoms with E-state index in [4.69, 9.17) is 0 Å². The Morgan fingerprint density at radius 3 is 2.45 bits per heavy atom. The van der Waals surface area contributed by atoms with Crippen LogP contribution in [-0.2, 0) is 6.54 Å². The Balaban J connectivity index is 2.24. The number of nitrogens with zero attached hydrogens (tertiary/aromatic N) is 3. The normalized spacial score (nSPS) is 10.7. The smallest absolute Gasteiger partial charge is 0.135 e. The van der Waals surface area contributed by atoms with Gasteiger partial charge >= 0.3 is 0 Å². The van der Waals surface area contributed by atoms with Gasteiger partial charge in [-0.3, -0.25) is 0 Å². The van der Waals surface area contributed by atoms with Crippen molar-refractivity contribution in [3.8, 4) is 0 Å². The molecule has 0 aliphatic heterocycles. The van der Waals surface area contributed by atoms with Crippen LogP contribution in [0.25, 0.3) is 0 Å². The minimum absolute atomic E-state index is 0.312. The maximum absolute atomic E-state index is 4.65. The van der Waals surface area contributed by atoms with Crippen LogP contribution in [0.2, 0.25) is 0 Å². The van der Waals surface area contributed by atoms with Gasteiger partial charge in [0.2, 0.25) is 0 Å². The minimum atomic E-state index is 0.312. The van der Waals surface area contributed by atoms with Crippen LogP contribution >= 0.6 is 0 Å². The van der Waals surface area contributed by atoms with Gasteiger partial charge in [0.1, 0.15) is 17.5 Å². The lowest BCUT2D eigenvalue weighted by atomic mass is 10.2. The molecule has 2 rings (SSSR count). The van der Waals surface area contributed by atoms with Gasteiger partial charge in [0, 0.05) is 32.6 Å². The second kappa shape index (κ2) is 6.37. The van der Waals surface area contributed by atoms with Gasteiger partial charge in [-0.1, -0.05) is 44.2 Å². The zero-order valence-corrected chi connectivity index (χ0v) is 12.6. The number of nitrogens with one attached hydrogen (secondary N) is 1. The number of hydrogen-bond acceptors (Lipinski definition) is 4. The lowest BCUT2D eigenvalue weighted by Gasteiger charge is -2.20. The number of rotatable bonds is 5. The quantitative estimate of drug-likeness (QED) is 0.905. The highest BCUT2D eigenvalue weighted by molar-refractivity contribution is 5.49. The molecule has 0 fully saturated rings. The van der Waals surface area contributed by atoms with Crippen LogP contribution in [0.1, 0.15) is 31.2 Å². The van der Waals surface area contributed by atoms with Crippen LogP contribution in [0.3, 0.4) is 0 Å². The van der Waals surface area contributed by atoms with Gasteiger partial charge in [0.15, 0.2) is 0 Å². The van der Waals surface area contributed by atoms with E-state index in [2.05, 4.69) is 65.3 Å². The van der Waals surface area contributed by atoms with E-state index in [1.54, 1.807) is 0 Å².